The quantitative estimate of drug-likeness (QED) is 0.155. The lowest BCUT2D eigenvalue weighted by atomic mass is 10.4. The van der Waals surface area contributed by atoms with Crippen molar-refractivity contribution in [1.29, 1.82) is 0 Å². The van der Waals surface area contributed by atoms with Gasteiger partial charge in [0.05, 0.1) is 0 Å². The molecule has 64 heavy (non-hydrogen) atoms. The van der Waals surface area contributed by atoms with Gasteiger partial charge in [-0.3, -0.25) is 0 Å². The van der Waals surface area contributed by atoms with E-state index in [1.807, 2.05) is 255 Å². The van der Waals surface area contributed by atoms with Gasteiger partial charge in [0.15, 0.2) is 0 Å². The van der Waals surface area contributed by atoms with E-state index >= 15 is 0 Å². The number of nitrogens with two attached hydrogens (primary N) is 2. The van der Waals surface area contributed by atoms with Crippen LogP contribution in [0.1, 0.15) is 0 Å². The van der Waals surface area contributed by atoms with Crippen LogP contribution in [0.4, 0.5) is 0 Å². The molecule has 0 bridgehead atoms. The van der Waals surface area contributed by atoms with Crippen molar-refractivity contribution < 1.29 is 28.4 Å². The summed E-state index contributed by atoms with van der Waals surface area (Å²) >= 11 is 0. The smallest absolute Gasteiger partial charge is 0.0351 e. The van der Waals surface area contributed by atoms with E-state index in [4.69, 9.17) is 0 Å². The summed E-state index contributed by atoms with van der Waals surface area (Å²) in [7, 11) is 22.5. The summed E-state index contributed by atoms with van der Waals surface area (Å²) in [5, 5.41) is 0. The molecule has 0 unspecified atom stereocenters. The normalized spacial score (nSPS) is 7.12. The van der Waals surface area contributed by atoms with Gasteiger partial charge in [-0.25, -0.2) is 0 Å². The average Bonchev–Trinajstić information content (AvgIpc) is 3.39. The Hall–Kier alpha value is -5.78. The third kappa shape index (κ3) is 131. The van der Waals surface area contributed by atoms with E-state index < -0.39 is 0 Å². The molecule has 0 spiro atoms. The van der Waals surface area contributed by atoms with Crippen molar-refractivity contribution in [3.63, 3.8) is 0 Å². The molecule has 0 atom stereocenters. The van der Waals surface area contributed by atoms with E-state index in [0.717, 1.165) is 0 Å². The molecule has 0 saturated heterocycles. The fraction of sp³-hybridized carbons (Fsp3) is 0.250. The Labute approximate surface area is 392 Å². The predicted octanol–water partition coefficient (Wildman–Crippen LogP) is 12.5. The van der Waals surface area contributed by atoms with E-state index in [-0.39, 0.29) is 0 Å². The van der Waals surface area contributed by atoms with Crippen LogP contribution in [-0.4, -0.2) is 99.4 Å². The zero-order chi connectivity index (χ0) is 49.9. The maximum atomic E-state index is 4.50. The van der Waals surface area contributed by atoms with Gasteiger partial charge in [-0.05, 0) is 14.1 Å². The minimum absolute atomic E-state index is 1.50. The van der Waals surface area contributed by atoms with Crippen molar-refractivity contribution in [3.8, 4) is 0 Å². The zero-order valence-electron chi connectivity index (χ0n) is 41.9. The molecule has 7 aromatic rings. The number of rotatable bonds is 0. The number of ether oxygens (including phenoxy) is 6. The molecule has 0 fully saturated rings. The molecular formula is C56H88N2O6. The van der Waals surface area contributed by atoms with E-state index in [1.54, 1.807) is 85.3 Å². The zero-order valence-corrected chi connectivity index (χ0v) is 41.9. The van der Waals surface area contributed by atoms with Gasteiger partial charge in [0.25, 0.3) is 0 Å². The Kier molecular flexibility index (Phi) is 120. The maximum absolute atomic E-state index is 4.50. The lowest BCUT2D eigenvalue weighted by Gasteiger charge is -1.69. The van der Waals surface area contributed by atoms with Crippen LogP contribution >= 0.6 is 0 Å². The van der Waals surface area contributed by atoms with Crippen LogP contribution in [0.3, 0.4) is 0 Å². The molecule has 0 aliphatic heterocycles. The van der Waals surface area contributed by atoms with Crippen LogP contribution in [0, 0.1) is 0 Å². The summed E-state index contributed by atoms with van der Waals surface area (Å²) in [6.45, 7) is 0. The van der Waals surface area contributed by atoms with Gasteiger partial charge in [0, 0.05) is 85.3 Å². The molecule has 0 aliphatic rings. The molecule has 0 aromatic heterocycles. The van der Waals surface area contributed by atoms with E-state index in [9.17, 15) is 0 Å². The summed E-state index contributed by atoms with van der Waals surface area (Å²) in [4.78, 5) is 0. The van der Waals surface area contributed by atoms with Crippen LogP contribution < -0.4 is 11.5 Å². The third-order valence-electron chi connectivity index (χ3n) is 4.67. The van der Waals surface area contributed by atoms with E-state index in [2.05, 4.69) is 39.9 Å². The van der Waals surface area contributed by atoms with Crippen molar-refractivity contribution in [2.75, 3.05) is 99.4 Å². The molecule has 0 saturated carbocycles. The molecular weight excluding hydrogens is 797 g/mol. The minimum atomic E-state index is 1.50. The fourth-order valence-corrected chi connectivity index (χ4v) is 2.69. The van der Waals surface area contributed by atoms with Crippen molar-refractivity contribution in [1.82, 2.24) is 0 Å². The highest BCUT2D eigenvalue weighted by Crippen LogP contribution is 1.83. The predicted molar refractivity (Wildman–Crippen MR) is 283 cm³/mol. The number of hydrogen-bond donors (Lipinski definition) is 2. The van der Waals surface area contributed by atoms with E-state index in [0.29, 0.717) is 0 Å². The molecule has 358 valence electrons. The van der Waals surface area contributed by atoms with Gasteiger partial charge in [-0.2, -0.15) is 0 Å². The number of benzene rings is 7. The minimum Gasteiger partial charge on any atom is -0.388 e. The highest BCUT2D eigenvalue weighted by molar-refractivity contribution is 5.02. The summed E-state index contributed by atoms with van der Waals surface area (Å²) < 4.78 is 25.5. The SMILES string of the molecule is CN.CN.COC.COC.COC.COC.COC.COC.c1ccccc1.c1ccccc1.c1ccccc1.c1ccccc1.c1ccccc1.c1ccccc1.c1ccccc1. The Morgan fingerprint density at radius 1 is 0.125 bits per heavy atom. The average molecular weight is 885 g/mol. The summed E-state index contributed by atoms with van der Waals surface area (Å²) in [5.41, 5.74) is 9.00. The Bertz CT molecular complexity index is 938. The maximum Gasteiger partial charge on any atom is 0.0351 e. The van der Waals surface area contributed by atoms with Gasteiger partial charge >= 0.3 is 0 Å². The lowest BCUT2D eigenvalue weighted by Crippen LogP contribution is -1.69. The third-order valence-corrected chi connectivity index (χ3v) is 4.67. The molecule has 8 heteroatoms. The first-order valence-electron chi connectivity index (χ1n) is 20.1. The van der Waals surface area contributed by atoms with Crippen LogP contribution in [0.25, 0.3) is 0 Å². The second kappa shape index (κ2) is 101. The highest BCUT2D eigenvalue weighted by Gasteiger charge is 1.61. The topological polar surface area (TPSA) is 107 Å². The summed E-state index contributed by atoms with van der Waals surface area (Å²) in [5.74, 6) is 0. The highest BCUT2D eigenvalue weighted by atomic mass is 16.5. The number of methoxy groups -OCH3 is 6. The standard InChI is InChI=1S/7C6H6.6C2H6O.2CH5N/c7*1-2-4-6-5-3-1;6*1-3-2;2*1-2/h7*1-6H;6*1-2H3;2*2H2,1H3. The van der Waals surface area contributed by atoms with Gasteiger partial charge < -0.3 is 39.9 Å². The first-order valence-corrected chi connectivity index (χ1v) is 20.1. The second-order valence-corrected chi connectivity index (χ2v) is 10.5. The summed E-state index contributed by atoms with van der Waals surface area (Å²) in [6.07, 6.45) is 0. The van der Waals surface area contributed by atoms with Gasteiger partial charge in [0.2, 0.25) is 0 Å². The van der Waals surface area contributed by atoms with Crippen molar-refractivity contribution in [2.24, 2.45) is 11.5 Å². The molecule has 0 amide bonds. The van der Waals surface area contributed by atoms with Gasteiger partial charge in [-0.15, -0.1) is 0 Å². The first-order chi connectivity index (χ1) is 31.5. The lowest BCUT2D eigenvalue weighted by molar-refractivity contribution is 0.277. The van der Waals surface area contributed by atoms with Crippen molar-refractivity contribution >= 4 is 0 Å². The van der Waals surface area contributed by atoms with Gasteiger partial charge in [0.1, 0.15) is 0 Å². The van der Waals surface area contributed by atoms with Crippen LogP contribution in [0.5, 0.6) is 0 Å². The second-order valence-electron chi connectivity index (χ2n) is 10.5. The Balaban J connectivity index is -0.0000000890. The molecule has 0 radical (unpaired) electrons. The monoisotopic (exact) mass is 885 g/mol. The molecule has 0 heterocycles. The van der Waals surface area contributed by atoms with E-state index in [1.165, 1.54) is 14.1 Å². The number of hydrogen-bond acceptors (Lipinski definition) is 8. The van der Waals surface area contributed by atoms with Crippen LogP contribution in [0.15, 0.2) is 255 Å². The molecule has 8 nitrogen and oxygen atoms in total. The fourth-order valence-electron chi connectivity index (χ4n) is 2.69. The van der Waals surface area contributed by atoms with Crippen molar-refractivity contribution in [3.05, 3.63) is 255 Å². The first kappa shape index (κ1) is 75.6. The van der Waals surface area contributed by atoms with Crippen molar-refractivity contribution in [2.45, 2.75) is 0 Å². The van der Waals surface area contributed by atoms with Gasteiger partial charge in [-0.1, -0.05) is 255 Å². The summed E-state index contributed by atoms with van der Waals surface area (Å²) in [6, 6.07) is 84.0. The molecule has 7 aromatic carbocycles. The molecule has 4 N–H and O–H groups in total. The largest absolute Gasteiger partial charge is 0.388 e. The Morgan fingerprint density at radius 3 is 0.156 bits per heavy atom. The van der Waals surface area contributed by atoms with Crippen LogP contribution in [0.2, 0.25) is 0 Å². The molecule has 0 aliphatic carbocycles. The Morgan fingerprint density at radius 2 is 0.141 bits per heavy atom. The molecule has 7 rings (SSSR count). The van der Waals surface area contributed by atoms with Crippen LogP contribution in [-0.2, 0) is 28.4 Å².